The van der Waals surface area contributed by atoms with Crippen LogP contribution in [0.2, 0.25) is 0 Å². The zero-order valence-electron chi connectivity index (χ0n) is 38.3. The van der Waals surface area contributed by atoms with Gasteiger partial charge in [0.2, 0.25) is 5.91 Å². The zero-order valence-corrected chi connectivity index (χ0v) is 39.2. The minimum Gasteiger partial charge on any atom is -0.480 e. The molecule has 0 rings (SSSR count). The predicted molar refractivity (Wildman–Crippen MR) is 245 cm³/mol. The maximum Gasteiger partial charge on any atom is 0.472 e. The Labute approximate surface area is 366 Å². The van der Waals surface area contributed by atoms with Gasteiger partial charge in [0, 0.05) is 12.8 Å². The van der Waals surface area contributed by atoms with Gasteiger partial charge in [-0.05, 0) is 44.9 Å². The summed E-state index contributed by atoms with van der Waals surface area (Å²) in [4.78, 5) is 46.0. The normalized spacial score (nSPS) is 13.8. The highest BCUT2D eigenvalue weighted by atomic mass is 31.2. The van der Waals surface area contributed by atoms with Crippen LogP contribution in [0, 0.1) is 0 Å². The van der Waals surface area contributed by atoms with Crippen molar-refractivity contribution >= 4 is 25.7 Å². The molecule has 11 nitrogen and oxygen atoms in total. The highest BCUT2D eigenvalue weighted by Gasteiger charge is 2.28. The molecule has 3 atom stereocenters. The first-order chi connectivity index (χ1) is 29.1. The van der Waals surface area contributed by atoms with Crippen molar-refractivity contribution in [2.75, 3.05) is 19.8 Å². The lowest BCUT2D eigenvalue weighted by Gasteiger charge is -2.18. The first-order valence-electron chi connectivity index (χ1n) is 24.4. The largest absolute Gasteiger partial charge is 0.480 e. The number of amides is 1. The molecule has 0 aliphatic carbocycles. The Balaban J connectivity index is 3.83. The number of aliphatic hydroxyl groups excluding tert-OH is 1. The molecule has 4 N–H and O–H groups in total. The molecule has 60 heavy (non-hydrogen) atoms. The molecular formula is C48H90NO10P. The number of aliphatic carboxylic acids is 1. The van der Waals surface area contributed by atoms with Gasteiger partial charge in [-0.2, -0.15) is 0 Å². The minimum absolute atomic E-state index is 0.138. The number of nitrogens with one attached hydrogen (secondary N) is 1. The third-order valence-corrected chi connectivity index (χ3v) is 11.7. The Morgan fingerprint density at radius 3 is 1.38 bits per heavy atom. The molecule has 0 fully saturated rings. The van der Waals surface area contributed by atoms with E-state index < -0.39 is 57.6 Å². The van der Waals surface area contributed by atoms with Gasteiger partial charge in [0.25, 0.3) is 0 Å². The van der Waals surface area contributed by atoms with E-state index in [4.69, 9.17) is 13.8 Å². The molecule has 0 radical (unpaired) electrons. The molecule has 0 aromatic rings. The summed E-state index contributed by atoms with van der Waals surface area (Å²) < 4.78 is 26.9. The number of phosphoric acid groups is 1. The van der Waals surface area contributed by atoms with Crippen molar-refractivity contribution in [2.45, 2.75) is 244 Å². The fourth-order valence-corrected chi connectivity index (χ4v) is 7.71. The van der Waals surface area contributed by atoms with Crippen LogP contribution < -0.4 is 5.32 Å². The van der Waals surface area contributed by atoms with Crippen molar-refractivity contribution in [1.29, 1.82) is 0 Å². The summed E-state index contributed by atoms with van der Waals surface area (Å²) in [7, 11) is -4.76. The van der Waals surface area contributed by atoms with E-state index in [1.54, 1.807) is 0 Å². The maximum absolute atomic E-state index is 12.3. The molecule has 12 heteroatoms. The van der Waals surface area contributed by atoms with Crippen LogP contribution in [0.3, 0.4) is 0 Å². The van der Waals surface area contributed by atoms with Crippen molar-refractivity contribution in [3.05, 3.63) is 24.3 Å². The molecular weight excluding hydrogens is 781 g/mol. The maximum atomic E-state index is 12.3. The number of carbonyl (C=O) groups is 3. The van der Waals surface area contributed by atoms with Gasteiger partial charge in [-0.15, -0.1) is 0 Å². The predicted octanol–water partition coefficient (Wildman–Crippen LogP) is 13.0. The monoisotopic (exact) mass is 872 g/mol. The van der Waals surface area contributed by atoms with E-state index in [1.165, 1.54) is 135 Å². The van der Waals surface area contributed by atoms with Crippen LogP contribution in [0.5, 0.6) is 0 Å². The highest BCUT2D eigenvalue weighted by Crippen LogP contribution is 2.43. The van der Waals surface area contributed by atoms with E-state index >= 15 is 0 Å². The van der Waals surface area contributed by atoms with Crippen LogP contribution in [0.15, 0.2) is 24.3 Å². The molecule has 0 saturated carbocycles. The number of carboxylic acid groups (broad SMARTS) is 1. The number of hydrogen-bond acceptors (Lipinski definition) is 8. The van der Waals surface area contributed by atoms with Crippen LogP contribution in [0.1, 0.15) is 232 Å². The topological polar surface area (TPSA) is 169 Å². The summed E-state index contributed by atoms with van der Waals surface area (Å²) in [6, 6.07) is -1.55. The van der Waals surface area contributed by atoms with Crippen molar-refractivity contribution in [1.82, 2.24) is 5.32 Å². The SMILES string of the molecule is CCCCC/C=C\C/C=C\CCCCCCCCCC(=O)NC(COP(=O)(O)OCC(O)COC(=O)CCCCCCCCCCCCCCCCCCCCC)C(=O)O. The zero-order chi connectivity index (χ0) is 44.2. The third kappa shape index (κ3) is 42.6. The molecule has 0 aliphatic rings. The van der Waals surface area contributed by atoms with Gasteiger partial charge in [0.15, 0.2) is 6.04 Å². The molecule has 0 saturated heterocycles. The second-order valence-electron chi connectivity index (χ2n) is 16.7. The second-order valence-corrected chi connectivity index (χ2v) is 18.1. The Kier molecular flexibility index (Phi) is 42.1. The molecule has 0 aliphatic heterocycles. The van der Waals surface area contributed by atoms with Crippen LogP contribution in [-0.4, -0.2) is 64.9 Å². The Bertz CT molecular complexity index is 1120. The van der Waals surface area contributed by atoms with Crippen LogP contribution >= 0.6 is 7.82 Å². The second kappa shape index (κ2) is 43.6. The summed E-state index contributed by atoms with van der Waals surface area (Å²) in [5.74, 6) is -2.37. The number of hydrogen-bond donors (Lipinski definition) is 4. The van der Waals surface area contributed by atoms with E-state index in [1.807, 2.05) is 0 Å². The standard InChI is InChI=1S/C48H90NO10P/c1-3-5-7-9-11-13-15-17-19-21-22-24-26-28-30-32-34-36-38-40-47(52)57-41-44(50)42-58-60(55,56)59-43-45(48(53)54)49-46(51)39-37-35-33-31-29-27-25-23-20-18-16-14-12-10-8-6-4-2/h12,14,18,20,44-45,50H,3-11,13,15-17,19,21-43H2,1-2H3,(H,49,51)(H,53,54)(H,55,56)/b14-12-,20-18-. The van der Waals surface area contributed by atoms with Crippen LogP contribution in [-0.2, 0) is 32.7 Å². The smallest absolute Gasteiger partial charge is 0.472 e. The van der Waals surface area contributed by atoms with Crippen molar-refractivity contribution in [3.8, 4) is 0 Å². The molecule has 0 bridgehead atoms. The number of ether oxygens (including phenoxy) is 1. The molecule has 0 heterocycles. The Hall–Kier alpha value is -2.04. The van der Waals surface area contributed by atoms with Gasteiger partial charge in [-0.1, -0.05) is 199 Å². The summed E-state index contributed by atoms with van der Waals surface area (Å²) in [5.41, 5.74) is 0. The molecule has 352 valence electrons. The Morgan fingerprint density at radius 2 is 0.917 bits per heavy atom. The first kappa shape index (κ1) is 58.0. The van der Waals surface area contributed by atoms with E-state index in [-0.39, 0.29) is 12.8 Å². The van der Waals surface area contributed by atoms with E-state index in [0.29, 0.717) is 12.8 Å². The summed E-state index contributed by atoms with van der Waals surface area (Å²) in [6.45, 7) is 2.60. The van der Waals surface area contributed by atoms with Gasteiger partial charge >= 0.3 is 19.8 Å². The fraction of sp³-hybridized carbons (Fsp3) is 0.854. The van der Waals surface area contributed by atoms with Gasteiger partial charge in [0.1, 0.15) is 12.7 Å². The number of aliphatic hydroxyl groups is 1. The van der Waals surface area contributed by atoms with E-state index in [2.05, 4.69) is 43.5 Å². The highest BCUT2D eigenvalue weighted by molar-refractivity contribution is 7.47. The number of rotatable bonds is 46. The number of phosphoric ester groups is 1. The fourth-order valence-electron chi connectivity index (χ4n) is 6.94. The number of carboxylic acids is 1. The lowest BCUT2D eigenvalue weighted by Crippen LogP contribution is -2.43. The van der Waals surface area contributed by atoms with E-state index in [9.17, 15) is 34.1 Å². The number of unbranched alkanes of at least 4 members (excludes halogenated alkanes) is 28. The number of esters is 1. The number of carbonyl (C=O) groups excluding carboxylic acids is 2. The van der Waals surface area contributed by atoms with Crippen molar-refractivity contribution < 1.29 is 47.8 Å². The summed E-state index contributed by atoms with van der Waals surface area (Å²) in [6.07, 6.45) is 46.2. The van der Waals surface area contributed by atoms with Gasteiger partial charge < -0.3 is 25.2 Å². The summed E-state index contributed by atoms with van der Waals surface area (Å²) in [5, 5.41) is 21.9. The molecule has 3 unspecified atom stereocenters. The van der Waals surface area contributed by atoms with Gasteiger partial charge in [-0.25, -0.2) is 9.36 Å². The van der Waals surface area contributed by atoms with Gasteiger partial charge in [-0.3, -0.25) is 18.6 Å². The lowest BCUT2D eigenvalue weighted by molar-refractivity contribution is -0.147. The van der Waals surface area contributed by atoms with Crippen LogP contribution in [0.4, 0.5) is 0 Å². The van der Waals surface area contributed by atoms with Crippen molar-refractivity contribution in [2.24, 2.45) is 0 Å². The molecule has 0 aromatic carbocycles. The molecule has 0 spiro atoms. The third-order valence-electron chi connectivity index (χ3n) is 10.7. The first-order valence-corrected chi connectivity index (χ1v) is 25.9. The van der Waals surface area contributed by atoms with Gasteiger partial charge in [0.05, 0.1) is 13.2 Å². The Morgan fingerprint density at radius 1 is 0.533 bits per heavy atom. The summed E-state index contributed by atoms with van der Waals surface area (Å²) >= 11 is 0. The van der Waals surface area contributed by atoms with Crippen molar-refractivity contribution in [3.63, 3.8) is 0 Å². The van der Waals surface area contributed by atoms with Crippen LogP contribution in [0.25, 0.3) is 0 Å². The average Bonchev–Trinajstić information content (AvgIpc) is 3.22. The quantitative estimate of drug-likeness (QED) is 0.0200. The van der Waals surface area contributed by atoms with E-state index in [0.717, 1.165) is 57.8 Å². The average molecular weight is 872 g/mol. The number of allylic oxidation sites excluding steroid dienone is 4. The molecule has 1 amide bonds. The molecule has 0 aromatic heterocycles. The lowest BCUT2D eigenvalue weighted by atomic mass is 10.0. The minimum atomic E-state index is -4.76.